The summed E-state index contributed by atoms with van der Waals surface area (Å²) in [7, 11) is 2.67. The second-order valence-corrected chi connectivity index (χ2v) is 13.3. The lowest BCUT2D eigenvalue weighted by Crippen LogP contribution is -2.63. The van der Waals surface area contributed by atoms with Crippen LogP contribution in [0.3, 0.4) is 0 Å². The van der Waals surface area contributed by atoms with Gasteiger partial charge in [-0.15, -0.1) is 0 Å². The lowest BCUT2D eigenvalue weighted by Gasteiger charge is -2.43. The smallest absolute Gasteiger partial charge is 0.331 e. The molecule has 0 spiro atoms. The normalized spacial score (nSPS) is 26.6. The Bertz CT molecular complexity index is 2050. The number of aliphatic hydroxyl groups excluding tert-OH is 5. The Kier molecular flexibility index (Phi) is 15.2. The van der Waals surface area contributed by atoms with Gasteiger partial charge in [-0.05, 0) is 71.3 Å². The van der Waals surface area contributed by atoms with E-state index in [9.17, 15) is 55.2 Å². The first-order valence-corrected chi connectivity index (χ1v) is 18.1. The van der Waals surface area contributed by atoms with Gasteiger partial charge in [0, 0.05) is 18.2 Å². The van der Waals surface area contributed by atoms with Crippen LogP contribution in [0, 0.1) is 0 Å². The number of hydrogen-bond donors (Lipinski definition) is 8. The minimum atomic E-state index is -2.63. The topological polar surface area (TPSA) is 287 Å². The number of phenolic OH excluding ortho intramolecular Hbond substituents is 3. The fraction of sp³-hybridized carbons (Fsp3) is 0.341. The molecular weight excluding hydrogens is 796 g/mol. The van der Waals surface area contributed by atoms with Gasteiger partial charge in [0.05, 0.1) is 20.8 Å². The zero-order valence-electron chi connectivity index (χ0n) is 32.0. The molecule has 0 unspecified atom stereocenters. The fourth-order valence-electron chi connectivity index (χ4n) is 6.02. The monoisotopic (exact) mass is 840 g/mol. The van der Waals surface area contributed by atoms with Gasteiger partial charge in [0.25, 0.3) is 0 Å². The van der Waals surface area contributed by atoms with Crippen molar-refractivity contribution in [3.63, 3.8) is 0 Å². The zero-order valence-corrected chi connectivity index (χ0v) is 32.0. The summed E-state index contributed by atoms with van der Waals surface area (Å²) in [4.78, 5) is 39.3. The summed E-state index contributed by atoms with van der Waals surface area (Å²) < 4.78 is 44.1. The summed E-state index contributed by atoms with van der Waals surface area (Å²) in [6, 6.07) is 14.2. The number of carbonyl (C=O) groups is 3. The second-order valence-electron chi connectivity index (χ2n) is 13.3. The van der Waals surface area contributed by atoms with E-state index in [0.717, 1.165) is 18.2 Å². The first-order chi connectivity index (χ1) is 28.7. The number of aromatic hydroxyl groups is 3. The van der Waals surface area contributed by atoms with E-state index in [-0.39, 0.29) is 28.7 Å². The molecule has 0 aliphatic carbocycles. The van der Waals surface area contributed by atoms with Crippen molar-refractivity contribution < 1.29 is 93.1 Å². The van der Waals surface area contributed by atoms with Gasteiger partial charge in [-0.1, -0.05) is 24.3 Å². The minimum Gasteiger partial charge on any atom is -0.508 e. The molecule has 5 rings (SSSR count). The molecule has 9 atom stereocenters. The quantitative estimate of drug-likeness (QED) is 0.0555. The molecule has 0 saturated carbocycles. The highest BCUT2D eigenvalue weighted by Gasteiger charge is 2.62. The van der Waals surface area contributed by atoms with Crippen LogP contribution in [0.25, 0.3) is 18.2 Å². The Morgan fingerprint density at radius 3 is 1.77 bits per heavy atom. The predicted molar refractivity (Wildman–Crippen MR) is 205 cm³/mol. The summed E-state index contributed by atoms with van der Waals surface area (Å²) in [5.74, 6) is -5.83. The van der Waals surface area contributed by atoms with Gasteiger partial charge >= 0.3 is 17.9 Å². The van der Waals surface area contributed by atoms with Gasteiger partial charge in [-0.3, -0.25) is 0 Å². The first kappa shape index (κ1) is 45.1. The molecule has 0 aromatic heterocycles. The van der Waals surface area contributed by atoms with Crippen LogP contribution in [0.2, 0.25) is 0 Å². The third-order valence-electron chi connectivity index (χ3n) is 9.22. The molecule has 2 aliphatic rings. The molecule has 0 amide bonds. The number of ether oxygens (including phenoxy) is 8. The van der Waals surface area contributed by atoms with Crippen LogP contribution >= 0.6 is 0 Å². The Labute approximate surface area is 342 Å². The highest BCUT2D eigenvalue weighted by atomic mass is 16.8. The van der Waals surface area contributed by atoms with Crippen LogP contribution in [-0.2, 0) is 42.8 Å². The van der Waals surface area contributed by atoms with Crippen molar-refractivity contribution in [1.82, 2.24) is 0 Å². The molecule has 60 heavy (non-hydrogen) atoms. The van der Waals surface area contributed by atoms with E-state index < -0.39 is 92.5 Å². The van der Waals surface area contributed by atoms with Crippen molar-refractivity contribution in [1.29, 1.82) is 0 Å². The van der Waals surface area contributed by atoms with Crippen molar-refractivity contribution in [2.75, 3.05) is 34.0 Å². The first-order valence-electron chi connectivity index (χ1n) is 18.1. The number of rotatable bonds is 16. The Hall–Kier alpha value is -6.03. The van der Waals surface area contributed by atoms with Crippen LogP contribution in [0.5, 0.6) is 28.7 Å². The molecule has 2 heterocycles. The van der Waals surface area contributed by atoms with Gasteiger partial charge < -0.3 is 78.7 Å². The van der Waals surface area contributed by atoms with Crippen LogP contribution in [0.15, 0.2) is 78.9 Å². The maximum Gasteiger partial charge on any atom is 0.331 e. The zero-order chi connectivity index (χ0) is 43.6. The maximum atomic E-state index is 13.3. The molecule has 3 aromatic rings. The summed E-state index contributed by atoms with van der Waals surface area (Å²) in [5.41, 5.74) is 1.29. The molecule has 2 aliphatic heterocycles. The number of benzene rings is 3. The third-order valence-corrected chi connectivity index (χ3v) is 9.22. The molecule has 19 nitrogen and oxygen atoms in total. The summed E-state index contributed by atoms with van der Waals surface area (Å²) >= 11 is 0. The van der Waals surface area contributed by atoms with Gasteiger partial charge in [0.1, 0.15) is 55.6 Å². The van der Waals surface area contributed by atoms with E-state index in [1.165, 1.54) is 93.1 Å². The minimum absolute atomic E-state index is 0.0360. The lowest BCUT2D eigenvalue weighted by molar-refractivity contribution is -0.383. The van der Waals surface area contributed by atoms with Crippen molar-refractivity contribution in [2.24, 2.45) is 0 Å². The number of carbonyl (C=O) groups excluding carboxylic acids is 3. The molecule has 19 heteroatoms. The van der Waals surface area contributed by atoms with Crippen LogP contribution in [-0.4, -0.2) is 148 Å². The van der Waals surface area contributed by atoms with E-state index in [4.69, 9.17) is 37.9 Å². The number of methoxy groups -OCH3 is 2. The SMILES string of the molecule is COc1cc(C=CC(=O)OC[C@H]2O[C@@](COC(=O)C=Cc3ccc(O)c(OC)c3)(O[C@H]3O[C@H](CO)[C@@H](O)[C@H](O)[C@H]3O)[C@@H](OC(=O)C=Cc3ccc(O)cc3)[C@@H]2O)ccc1O. The van der Waals surface area contributed by atoms with Crippen LogP contribution < -0.4 is 9.47 Å². The molecule has 322 valence electrons. The highest BCUT2D eigenvalue weighted by molar-refractivity contribution is 5.88. The van der Waals surface area contributed by atoms with Crippen molar-refractivity contribution in [2.45, 2.75) is 54.8 Å². The largest absolute Gasteiger partial charge is 0.508 e. The van der Waals surface area contributed by atoms with Gasteiger partial charge in [0.2, 0.25) is 5.79 Å². The maximum absolute atomic E-state index is 13.3. The molecular formula is C41H44O19. The fourth-order valence-corrected chi connectivity index (χ4v) is 6.02. The molecule has 3 aromatic carbocycles. The third kappa shape index (κ3) is 11.2. The second kappa shape index (κ2) is 20.3. The number of esters is 3. The van der Waals surface area contributed by atoms with Gasteiger partial charge in [-0.2, -0.15) is 0 Å². The molecule has 8 N–H and O–H groups in total. The summed E-state index contributed by atoms with van der Waals surface area (Å²) in [6.07, 6.45) is -8.00. The highest BCUT2D eigenvalue weighted by Crippen LogP contribution is 2.39. The van der Waals surface area contributed by atoms with Crippen molar-refractivity contribution >= 4 is 36.1 Å². The Balaban J connectivity index is 1.45. The average Bonchev–Trinajstić information content (AvgIpc) is 3.50. The van der Waals surface area contributed by atoms with Crippen LogP contribution in [0.4, 0.5) is 0 Å². The van der Waals surface area contributed by atoms with Crippen LogP contribution in [0.1, 0.15) is 16.7 Å². The van der Waals surface area contributed by atoms with E-state index in [0.29, 0.717) is 16.7 Å². The standard InChI is InChI=1S/C41H44O19/c1-53-28-17-23(5-12-26(28)44)8-14-32(46)55-20-31-36(50)39(58-34(48)16-7-22-3-10-25(43)11-4-22)41(59-31,60-40-38(52)37(51)35(49)30(19-42)57-40)21-56-33(47)15-9-24-6-13-27(45)29(18-24)54-2/h3-18,30-31,35-40,42-45,49-52H,19-21H2,1-2H3/t30-,31-,35-,36-,37+,38-,39+,40-,41+/m1/s1. The Morgan fingerprint density at radius 2 is 1.20 bits per heavy atom. The summed E-state index contributed by atoms with van der Waals surface area (Å²) in [5, 5.41) is 82.7. The predicted octanol–water partition coefficient (Wildman–Crippen LogP) is 0.531. The number of hydrogen-bond acceptors (Lipinski definition) is 19. The number of phenols is 3. The van der Waals surface area contributed by atoms with E-state index in [1.54, 1.807) is 0 Å². The van der Waals surface area contributed by atoms with Crippen molar-refractivity contribution in [3.8, 4) is 28.7 Å². The Morgan fingerprint density at radius 1 is 0.667 bits per heavy atom. The van der Waals surface area contributed by atoms with Crippen molar-refractivity contribution in [3.05, 3.63) is 95.6 Å². The van der Waals surface area contributed by atoms with E-state index in [2.05, 4.69) is 0 Å². The molecule has 2 saturated heterocycles. The molecule has 2 fully saturated rings. The van der Waals surface area contributed by atoms with Gasteiger partial charge in [-0.25, -0.2) is 14.4 Å². The lowest BCUT2D eigenvalue weighted by atomic mass is 9.99. The van der Waals surface area contributed by atoms with E-state index >= 15 is 0 Å². The molecule has 0 bridgehead atoms. The average molecular weight is 841 g/mol. The molecule has 0 radical (unpaired) electrons. The van der Waals surface area contributed by atoms with E-state index in [1.807, 2.05) is 0 Å². The summed E-state index contributed by atoms with van der Waals surface area (Å²) in [6.45, 7) is -2.64. The number of aliphatic hydroxyl groups is 5. The van der Waals surface area contributed by atoms with Gasteiger partial charge in [0.15, 0.2) is 35.4 Å².